The Morgan fingerprint density at radius 2 is 1.64 bits per heavy atom. The number of phenols is 1. The summed E-state index contributed by atoms with van der Waals surface area (Å²) < 4.78 is 12.9. The highest BCUT2D eigenvalue weighted by Gasteiger charge is 2.20. The number of para-hydroxylation sites is 2. The number of hydrogen-bond donors (Lipinski definition) is 3. The van der Waals surface area contributed by atoms with Gasteiger partial charge in [-0.15, -0.1) is 0 Å². The van der Waals surface area contributed by atoms with Crippen LogP contribution in [-0.2, 0) is 9.59 Å². The maximum absolute atomic E-state index is 12.9. The molecule has 1 saturated heterocycles. The highest BCUT2D eigenvalue weighted by molar-refractivity contribution is 5.94. The van der Waals surface area contributed by atoms with Gasteiger partial charge in [-0.2, -0.15) is 0 Å². The van der Waals surface area contributed by atoms with E-state index in [0.717, 1.165) is 5.69 Å². The Kier molecular flexibility index (Phi) is 6.44. The van der Waals surface area contributed by atoms with Gasteiger partial charge in [0.05, 0.1) is 18.8 Å². The van der Waals surface area contributed by atoms with E-state index in [1.165, 1.54) is 24.3 Å². The average Bonchev–Trinajstić information content (AvgIpc) is 2.69. The van der Waals surface area contributed by atoms with E-state index in [1.54, 1.807) is 12.1 Å². The minimum Gasteiger partial charge on any atom is -0.506 e. The number of benzene rings is 2. The molecule has 0 aromatic heterocycles. The quantitative estimate of drug-likeness (QED) is 0.699. The summed E-state index contributed by atoms with van der Waals surface area (Å²) in [6, 6.07) is 12.6. The molecule has 7 nitrogen and oxygen atoms in total. The van der Waals surface area contributed by atoms with Crippen molar-refractivity contribution in [1.82, 2.24) is 10.2 Å². The van der Waals surface area contributed by atoms with Crippen molar-refractivity contribution in [2.24, 2.45) is 0 Å². The van der Waals surface area contributed by atoms with Crippen LogP contribution in [0.25, 0.3) is 0 Å². The van der Waals surface area contributed by atoms with Crippen LogP contribution in [-0.4, -0.2) is 61.1 Å². The number of hydrogen-bond acceptors (Lipinski definition) is 5. The number of nitrogens with one attached hydrogen (secondary N) is 2. The molecule has 3 N–H and O–H groups in total. The van der Waals surface area contributed by atoms with Crippen molar-refractivity contribution < 1.29 is 19.1 Å². The summed E-state index contributed by atoms with van der Waals surface area (Å²) in [6.45, 7) is 2.84. The van der Waals surface area contributed by atoms with Crippen LogP contribution in [0, 0.1) is 5.82 Å². The predicted octanol–water partition coefficient (Wildman–Crippen LogP) is 1.41. The lowest BCUT2D eigenvalue weighted by Crippen LogP contribution is -2.50. The van der Waals surface area contributed by atoms with Gasteiger partial charge in [-0.25, -0.2) is 4.39 Å². The smallest absolute Gasteiger partial charge is 0.243 e. The predicted molar refractivity (Wildman–Crippen MR) is 105 cm³/mol. The number of carbonyl (C=O) groups excluding carboxylic acids is 2. The minimum atomic E-state index is -0.381. The molecule has 1 aliphatic rings. The summed E-state index contributed by atoms with van der Waals surface area (Å²) in [4.78, 5) is 28.0. The van der Waals surface area contributed by atoms with Crippen LogP contribution in [0.15, 0.2) is 48.5 Å². The van der Waals surface area contributed by atoms with Crippen LogP contribution in [0.1, 0.15) is 0 Å². The Morgan fingerprint density at radius 1 is 0.964 bits per heavy atom. The van der Waals surface area contributed by atoms with E-state index in [-0.39, 0.29) is 36.5 Å². The molecule has 3 rings (SSSR count). The summed E-state index contributed by atoms with van der Waals surface area (Å²) >= 11 is 0. The second kappa shape index (κ2) is 9.18. The fourth-order valence-corrected chi connectivity index (χ4v) is 3.05. The summed E-state index contributed by atoms with van der Waals surface area (Å²) in [5.41, 5.74) is 1.27. The molecule has 0 unspecified atom stereocenters. The van der Waals surface area contributed by atoms with Gasteiger partial charge in [-0.05, 0) is 36.4 Å². The van der Waals surface area contributed by atoms with Gasteiger partial charge in [0.25, 0.3) is 0 Å². The van der Waals surface area contributed by atoms with Gasteiger partial charge >= 0.3 is 0 Å². The molecule has 1 heterocycles. The maximum atomic E-state index is 12.9. The van der Waals surface area contributed by atoms with Gasteiger partial charge in [0, 0.05) is 31.9 Å². The molecule has 1 aliphatic heterocycles. The van der Waals surface area contributed by atoms with E-state index in [4.69, 9.17) is 0 Å². The molecule has 0 spiro atoms. The first-order valence-corrected chi connectivity index (χ1v) is 9.08. The van der Waals surface area contributed by atoms with Gasteiger partial charge in [-0.3, -0.25) is 14.5 Å². The number of amides is 2. The van der Waals surface area contributed by atoms with Crippen molar-refractivity contribution in [3.05, 3.63) is 54.3 Å². The molecule has 148 valence electrons. The third-order valence-corrected chi connectivity index (χ3v) is 4.54. The Bertz CT molecular complexity index is 820. The van der Waals surface area contributed by atoms with Crippen LogP contribution in [0.4, 0.5) is 15.8 Å². The first-order valence-electron chi connectivity index (χ1n) is 9.08. The molecule has 8 heteroatoms. The molecule has 0 radical (unpaired) electrons. The van der Waals surface area contributed by atoms with Crippen molar-refractivity contribution in [3.63, 3.8) is 0 Å². The molecule has 28 heavy (non-hydrogen) atoms. The normalized spacial score (nSPS) is 14.5. The average molecular weight is 386 g/mol. The van der Waals surface area contributed by atoms with E-state index in [2.05, 4.69) is 15.5 Å². The third kappa shape index (κ3) is 5.43. The zero-order valence-corrected chi connectivity index (χ0v) is 15.4. The molecule has 0 atom stereocenters. The molecule has 2 aromatic rings. The minimum absolute atomic E-state index is 0.145. The van der Waals surface area contributed by atoms with Gasteiger partial charge in [0.2, 0.25) is 11.8 Å². The van der Waals surface area contributed by atoms with Gasteiger partial charge < -0.3 is 20.6 Å². The van der Waals surface area contributed by atoms with Crippen molar-refractivity contribution in [2.45, 2.75) is 0 Å². The largest absolute Gasteiger partial charge is 0.506 e. The fourth-order valence-electron chi connectivity index (χ4n) is 3.05. The van der Waals surface area contributed by atoms with Crippen LogP contribution >= 0.6 is 0 Å². The molecular weight excluding hydrogens is 363 g/mol. The fraction of sp³-hybridized carbons (Fsp3) is 0.300. The zero-order valence-electron chi connectivity index (χ0n) is 15.4. The highest BCUT2D eigenvalue weighted by Crippen LogP contribution is 2.27. The number of piperazine rings is 1. The SMILES string of the molecule is O=C(CN1CCN(c2ccccc2O)CC1)NCC(=O)Nc1ccc(F)cc1. The molecule has 0 saturated carbocycles. The number of phenolic OH excluding ortho intramolecular Hbond substituents is 1. The Labute approximate surface area is 162 Å². The molecule has 0 bridgehead atoms. The topological polar surface area (TPSA) is 84.9 Å². The van der Waals surface area contributed by atoms with Gasteiger partial charge in [0.15, 0.2) is 0 Å². The van der Waals surface area contributed by atoms with E-state index in [1.807, 2.05) is 17.0 Å². The summed E-state index contributed by atoms with van der Waals surface area (Å²) in [5.74, 6) is -0.732. The third-order valence-electron chi connectivity index (χ3n) is 4.54. The number of anilines is 2. The molecule has 2 amide bonds. The van der Waals surface area contributed by atoms with Crippen molar-refractivity contribution in [3.8, 4) is 5.75 Å². The number of carbonyl (C=O) groups is 2. The summed E-state index contributed by atoms with van der Waals surface area (Å²) in [5, 5.41) is 15.1. The van der Waals surface area contributed by atoms with E-state index in [9.17, 15) is 19.1 Å². The first-order chi connectivity index (χ1) is 13.5. The Hall–Kier alpha value is -3.13. The molecule has 0 aliphatic carbocycles. The lowest BCUT2D eigenvalue weighted by molar-refractivity contribution is -0.125. The van der Waals surface area contributed by atoms with Crippen molar-refractivity contribution in [2.75, 3.05) is 49.5 Å². The zero-order chi connectivity index (χ0) is 19.9. The van der Waals surface area contributed by atoms with Crippen LogP contribution in [0.3, 0.4) is 0 Å². The lowest BCUT2D eigenvalue weighted by atomic mass is 10.2. The van der Waals surface area contributed by atoms with E-state index in [0.29, 0.717) is 31.9 Å². The Morgan fingerprint density at radius 3 is 2.32 bits per heavy atom. The second-order valence-electron chi connectivity index (χ2n) is 6.58. The number of aromatic hydroxyl groups is 1. The molecule has 1 fully saturated rings. The standard InChI is InChI=1S/C20H23FN4O3/c21-15-5-7-16(8-6-15)23-19(27)13-22-20(28)14-24-9-11-25(12-10-24)17-3-1-2-4-18(17)26/h1-8,26H,9-14H2,(H,22,28)(H,23,27). The monoisotopic (exact) mass is 386 g/mol. The highest BCUT2D eigenvalue weighted by atomic mass is 19.1. The Balaban J connectivity index is 1.38. The molecular formula is C20H23FN4O3. The second-order valence-corrected chi connectivity index (χ2v) is 6.58. The molecule has 2 aromatic carbocycles. The number of rotatable bonds is 6. The van der Waals surface area contributed by atoms with E-state index >= 15 is 0 Å². The number of nitrogens with zero attached hydrogens (tertiary/aromatic N) is 2. The number of halogens is 1. The van der Waals surface area contributed by atoms with Crippen LogP contribution in [0.5, 0.6) is 5.75 Å². The van der Waals surface area contributed by atoms with Crippen LogP contribution in [0.2, 0.25) is 0 Å². The van der Waals surface area contributed by atoms with E-state index < -0.39 is 0 Å². The summed E-state index contributed by atoms with van der Waals surface area (Å²) in [7, 11) is 0. The van der Waals surface area contributed by atoms with Crippen LogP contribution < -0.4 is 15.5 Å². The first kappa shape index (κ1) is 19.6. The lowest BCUT2D eigenvalue weighted by Gasteiger charge is -2.35. The van der Waals surface area contributed by atoms with Gasteiger partial charge in [0.1, 0.15) is 11.6 Å². The van der Waals surface area contributed by atoms with Crippen molar-refractivity contribution >= 4 is 23.2 Å². The van der Waals surface area contributed by atoms with Crippen molar-refractivity contribution in [1.29, 1.82) is 0 Å². The summed E-state index contributed by atoms with van der Waals surface area (Å²) in [6.07, 6.45) is 0. The van der Waals surface area contributed by atoms with Gasteiger partial charge in [-0.1, -0.05) is 12.1 Å². The maximum Gasteiger partial charge on any atom is 0.243 e.